The van der Waals surface area contributed by atoms with Gasteiger partial charge in [-0.25, -0.2) is 4.98 Å². The Balaban J connectivity index is 1.39. The van der Waals surface area contributed by atoms with E-state index in [-0.39, 0.29) is 5.91 Å². The molecule has 1 saturated carbocycles. The van der Waals surface area contributed by atoms with Gasteiger partial charge in [-0.1, -0.05) is 18.6 Å². The Labute approximate surface area is 161 Å². The Bertz CT molecular complexity index is 773. The molecule has 2 heterocycles. The molecule has 1 aromatic heterocycles. The molecule has 27 heavy (non-hydrogen) atoms. The second-order valence-corrected chi connectivity index (χ2v) is 7.79. The van der Waals surface area contributed by atoms with Gasteiger partial charge >= 0.3 is 0 Å². The Morgan fingerprint density at radius 1 is 0.963 bits per heavy atom. The van der Waals surface area contributed by atoms with Crippen LogP contribution in [0.5, 0.6) is 0 Å². The molecule has 0 bridgehead atoms. The molecule has 0 radical (unpaired) electrons. The second-order valence-electron chi connectivity index (χ2n) is 7.79. The van der Waals surface area contributed by atoms with E-state index in [1.54, 1.807) is 19.0 Å². The Morgan fingerprint density at radius 3 is 2.15 bits per heavy atom. The van der Waals surface area contributed by atoms with Crippen LogP contribution in [0.2, 0.25) is 0 Å². The number of benzene rings is 1. The van der Waals surface area contributed by atoms with Crippen molar-refractivity contribution >= 4 is 11.7 Å². The minimum atomic E-state index is 0.0241. The van der Waals surface area contributed by atoms with Gasteiger partial charge in [-0.3, -0.25) is 9.69 Å². The summed E-state index contributed by atoms with van der Waals surface area (Å²) in [5.74, 6) is 1.09. The molecule has 142 valence electrons. The van der Waals surface area contributed by atoms with Crippen molar-refractivity contribution in [1.82, 2.24) is 14.8 Å². The van der Waals surface area contributed by atoms with Crippen LogP contribution < -0.4 is 4.90 Å². The first-order valence-electron chi connectivity index (χ1n) is 9.89. The maximum atomic E-state index is 12.0. The van der Waals surface area contributed by atoms with Gasteiger partial charge in [0.2, 0.25) is 0 Å². The molecule has 0 atom stereocenters. The molecule has 0 spiro atoms. The van der Waals surface area contributed by atoms with Crippen molar-refractivity contribution in [1.29, 1.82) is 0 Å². The van der Waals surface area contributed by atoms with Crippen LogP contribution in [0, 0.1) is 0 Å². The van der Waals surface area contributed by atoms with Crippen LogP contribution in [0.3, 0.4) is 0 Å². The SMILES string of the molecule is CN(C)C(=O)c1ccc(-c2ccc(N3CCN(C4CCC4)CC3)nc2)cc1. The number of amides is 1. The monoisotopic (exact) mass is 364 g/mol. The summed E-state index contributed by atoms with van der Waals surface area (Å²) in [6, 6.07) is 12.8. The predicted molar refractivity (Wildman–Crippen MR) is 109 cm³/mol. The molecule has 1 amide bonds. The number of anilines is 1. The summed E-state index contributed by atoms with van der Waals surface area (Å²) < 4.78 is 0. The van der Waals surface area contributed by atoms with Gasteiger partial charge in [-0.15, -0.1) is 0 Å². The number of hydrogen-bond acceptors (Lipinski definition) is 4. The van der Waals surface area contributed by atoms with E-state index in [1.807, 2.05) is 30.5 Å². The minimum Gasteiger partial charge on any atom is -0.354 e. The highest BCUT2D eigenvalue weighted by Gasteiger charge is 2.28. The Hall–Kier alpha value is -2.40. The first-order chi connectivity index (χ1) is 13.1. The maximum Gasteiger partial charge on any atom is 0.253 e. The third kappa shape index (κ3) is 3.83. The molecule has 4 rings (SSSR count). The van der Waals surface area contributed by atoms with E-state index in [4.69, 9.17) is 4.98 Å². The van der Waals surface area contributed by atoms with Gasteiger partial charge in [0.05, 0.1) is 0 Å². The van der Waals surface area contributed by atoms with Crippen LogP contribution >= 0.6 is 0 Å². The molecule has 0 unspecified atom stereocenters. The van der Waals surface area contributed by atoms with Crippen LogP contribution in [-0.2, 0) is 0 Å². The molecular formula is C22H28N4O. The summed E-state index contributed by atoms with van der Waals surface area (Å²) in [5.41, 5.74) is 2.87. The maximum absolute atomic E-state index is 12.0. The number of rotatable bonds is 4. The van der Waals surface area contributed by atoms with Crippen LogP contribution in [0.15, 0.2) is 42.6 Å². The quantitative estimate of drug-likeness (QED) is 0.836. The van der Waals surface area contributed by atoms with E-state index in [9.17, 15) is 4.79 Å². The average molecular weight is 364 g/mol. The van der Waals surface area contributed by atoms with Crippen molar-refractivity contribution in [3.8, 4) is 11.1 Å². The van der Waals surface area contributed by atoms with Gasteiger partial charge in [0.25, 0.3) is 5.91 Å². The fourth-order valence-corrected chi connectivity index (χ4v) is 3.88. The van der Waals surface area contributed by atoms with Gasteiger partial charge < -0.3 is 9.80 Å². The van der Waals surface area contributed by atoms with Crippen molar-refractivity contribution < 1.29 is 4.79 Å². The predicted octanol–water partition coefficient (Wildman–Crippen LogP) is 3.12. The summed E-state index contributed by atoms with van der Waals surface area (Å²) in [6.07, 6.45) is 6.10. The lowest BCUT2D eigenvalue weighted by Crippen LogP contribution is -2.52. The van der Waals surface area contributed by atoms with Crippen LogP contribution in [-0.4, -0.2) is 67.0 Å². The van der Waals surface area contributed by atoms with E-state index in [0.717, 1.165) is 49.2 Å². The first kappa shape index (κ1) is 18.0. The molecule has 1 aliphatic carbocycles. The third-order valence-electron chi connectivity index (χ3n) is 5.85. The van der Waals surface area contributed by atoms with Gasteiger partial charge in [0.1, 0.15) is 5.82 Å². The lowest BCUT2D eigenvalue weighted by molar-refractivity contribution is 0.0827. The Morgan fingerprint density at radius 2 is 1.63 bits per heavy atom. The van der Waals surface area contributed by atoms with E-state index < -0.39 is 0 Å². The molecule has 1 aliphatic heterocycles. The summed E-state index contributed by atoms with van der Waals surface area (Å²) in [7, 11) is 3.54. The minimum absolute atomic E-state index is 0.0241. The molecule has 5 nitrogen and oxygen atoms in total. The summed E-state index contributed by atoms with van der Waals surface area (Å²) >= 11 is 0. The number of nitrogens with zero attached hydrogens (tertiary/aromatic N) is 4. The molecule has 2 aromatic rings. The summed E-state index contributed by atoms with van der Waals surface area (Å²) in [4.78, 5) is 23.3. The lowest BCUT2D eigenvalue weighted by atomic mass is 9.91. The zero-order valence-electron chi connectivity index (χ0n) is 16.3. The number of hydrogen-bond donors (Lipinski definition) is 0. The van der Waals surface area contributed by atoms with Crippen molar-refractivity contribution in [3.05, 3.63) is 48.2 Å². The number of aromatic nitrogens is 1. The number of pyridine rings is 1. The molecule has 1 saturated heterocycles. The van der Waals surface area contributed by atoms with E-state index >= 15 is 0 Å². The molecule has 5 heteroatoms. The highest BCUT2D eigenvalue weighted by atomic mass is 16.2. The lowest BCUT2D eigenvalue weighted by Gasteiger charge is -2.43. The van der Waals surface area contributed by atoms with Crippen LogP contribution in [0.1, 0.15) is 29.6 Å². The van der Waals surface area contributed by atoms with Crippen LogP contribution in [0.25, 0.3) is 11.1 Å². The smallest absolute Gasteiger partial charge is 0.253 e. The van der Waals surface area contributed by atoms with Crippen LogP contribution in [0.4, 0.5) is 5.82 Å². The first-order valence-corrected chi connectivity index (χ1v) is 9.89. The molecule has 0 N–H and O–H groups in total. The number of carbonyl (C=O) groups excluding carboxylic acids is 1. The highest BCUT2D eigenvalue weighted by Crippen LogP contribution is 2.27. The van der Waals surface area contributed by atoms with E-state index in [0.29, 0.717) is 5.56 Å². The number of piperazine rings is 1. The average Bonchev–Trinajstić information content (AvgIpc) is 2.67. The van der Waals surface area contributed by atoms with Gasteiger partial charge in [0, 0.05) is 63.6 Å². The summed E-state index contributed by atoms with van der Waals surface area (Å²) in [6.45, 7) is 4.42. The summed E-state index contributed by atoms with van der Waals surface area (Å²) in [5, 5.41) is 0. The van der Waals surface area contributed by atoms with Crippen molar-refractivity contribution in [2.24, 2.45) is 0 Å². The molecular weight excluding hydrogens is 336 g/mol. The van der Waals surface area contributed by atoms with E-state index in [1.165, 1.54) is 19.3 Å². The van der Waals surface area contributed by atoms with E-state index in [2.05, 4.69) is 21.9 Å². The number of carbonyl (C=O) groups is 1. The highest BCUT2D eigenvalue weighted by molar-refractivity contribution is 5.94. The third-order valence-corrected chi connectivity index (χ3v) is 5.85. The zero-order valence-corrected chi connectivity index (χ0v) is 16.3. The molecule has 1 aromatic carbocycles. The van der Waals surface area contributed by atoms with Crippen molar-refractivity contribution in [2.45, 2.75) is 25.3 Å². The van der Waals surface area contributed by atoms with Gasteiger partial charge in [-0.2, -0.15) is 0 Å². The topological polar surface area (TPSA) is 39.7 Å². The largest absolute Gasteiger partial charge is 0.354 e. The van der Waals surface area contributed by atoms with Crippen molar-refractivity contribution in [2.75, 3.05) is 45.2 Å². The van der Waals surface area contributed by atoms with Gasteiger partial charge in [-0.05, 0) is 42.7 Å². The fourth-order valence-electron chi connectivity index (χ4n) is 3.88. The Kier molecular flexibility index (Phi) is 5.12. The fraction of sp³-hybridized carbons (Fsp3) is 0.455. The molecule has 2 aliphatic rings. The zero-order chi connectivity index (χ0) is 18.8. The van der Waals surface area contributed by atoms with Crippen molar-refractivity contribution in [3.63, 3.8) is 0 Å². The molecule has 2 fully saturated rings. The standard InChI is InChI=1S/C22H28N4O/c1-24(2)22(27)18-8-6-17(7-9-18)19-10-11-21(23-16-19)26-14-12-25(13-15-26)20-4-3-5-20/h6-11,16,20H,3-5,12-15H2,1-2H3. The van der Waals surface area contributed by atoms with Gasteiger partial charge in [0.15, 0.2) is 0 Å². The second kappa shape index (κ2) is 7.69. The normalized spacial score (nSPS) is 18.2.